The smallest absolute Gasteiger partial charge is 0.253 e. The molecular formula is C13H17N3O3. The van der Waals surface area contributed by atoms with E-state index in [2.05, 4.69) is 10.6 Å². The SMILES string of the molecule is COCCCNCc1c([O-])on[n+]1-c1ccccc1. The lowest BCUT2D eigenvalue weighted by molar-refractivity contribution is -0.677. The number of hydrogen-bond donors (Lipinski definition) is 1. The highest BCUT2D eigenvalue weighted by atomic mass is 16.6. The van der Waals surface area contributed by atoms with Gasteiger partial charge in [0.15, 0.2) is 5.95 Å². The van der Waals surface area contributed by atoms with E-state index in [0.717, 1.165) is 18.7 Å². The number of benzene rings is 1. The van der Waals surface area contributed by atoms with Crippen molar-refractivity contribution >= 4 is 0 Å². The van der Waals surface area contributed by atoms with Gasteiger partial charge in [0.25, 0.3) is 5.69 Å². The van der Waals surface area contributed by atoms with Gasteiger partial charge in [-0.15, -0.1) is 0 Å². The van der Waals surface area contributed by atoms with Crippen LogP contribution < -0.4 is 15.1 Å². The second kappa shape index (κ2) is 6.86. The van der Waals surface area contributed by atoms with Crippen molar-refractivity contribution in [2.75, 3.05) is 20.3 Å². The molecule has 0 atom stereocenters. The summed E-state index contributed by atoms with van der Waals surface area (Å²) in [5.41, 5.74) is 1.30. The number of methoxy groups -OCH3 is 1. The largest absolute Gasteiger partial charge is 0.539 e. The van der Waals surface area contributed by atoms with Gasteiger partial charge in [0.2, 0.25) is 5.69 Å². The molecule has 0 saturated heterocycles. The number of hydrogen-bond acceptors (Lipinski definition) is 5. The van der Waals surface area contributed by atoms with Crippen molar-refractivity contribution < 1.29 is 19.0 Å². The topological polar surface area (TPSA) is 74.2 Å². The molecule has 0 amide bonds. The van der Waals surface area contributed by atoms with Gasteiger partial charge in [0.05, 0.1) is 11.8 Å². The summed E-state index contributed by atoms with van der Waals surface area (Å²) >= 11 is 0. The van der Waals surface area contributed by atoms with Gasteiger partial charge in [-0.05, 0) is 17.6 Å². The molecule has 0 fully saturated rings. The van der Waals surface area contributed by atoms with Crippen molar-refractivity contribution in [2.24, 2.45) is 0 Å². The summed E-state index contributed by atoms with van der Waals surface area (Å²) in [4.78, 5) is 0. The summed E-state index contributed by atoms with van der Waals surface area (Å²) in [6, 6.07) is 9.42. The average Bonchev–Trinajstić information content (AvgIpc) is 2.81. The van der Waals surface area contributed by atoms with Gasteiger partial charge in [-0.1, -0.05) is 18.2 Å². The van der Waals surface area contributed by atoms with E-state index in [-0.39, 0.29) is 0 Å². The third-order valence-electron chi connectivity index (χ3n) is 2.69. The molecule has 1 heterocycles. The van der Waals surface area contributed by atoms with Crippen molar-refractivity contribution in [3.63, 3.8) is 0 Å². The Labute approximate surface area is 111 Å². The molecule has 0 saturated carbocycles. The number of aromatic nitrogens is 2. The molecule has 1 aromatic carbocycles. The third-order valence-corrected chi connectivity index (χ3v) is 2.69. The number of rotatable bonds is 7. The maximum atomic E-state index is 11.6. The highest BCUT2D eigenvalue weighted by Gasteiger charge is 2.19. The standard InChI is InChI=1S/C13H17N3O3/c1-18-9-5-8-14-10-12-13(17)19-15-16(12)11-6-3-2-4-7-11/h2-4,6-7,14H,5,8-10H2,1H3. The van der Waals surface area contributed by atoms with E-state index in [4.69, 9.17) is 9.26 Å². The van der Waals surface area contributed by atoms with Crippen LogP contribution in [-0.2, 0) is 11.3 Å². The molecule has 102 valence electrons. The molecule has 0 aliphatic carbocycles. The Kier molecular flexibility index (Phi) is 4.88. The first-order valence-corrected chi connectivity index (χ1v) is 6.16. The maximum absolute atomic E-state index is 11.6. The fourth-order valence-corrected chi connectivity index (χ4v) is 1.73. The quantitative estimate of drug-likeness (QED) is 0.568. The van der Waals surface area contributed by atoms with Crippen LogP contribution in [0.15, 0.2) is 34.9 Å². The molecule has 2 aromatic rings. The predicted octanol–water partition coefficient (Wildman–Crippen LogP) is 0.151. The zero-order valence-corrected chi connectivity index (χ0v) is 10.8. The average molecular weight is 263 g/mol. The molecule has 0 spiro atoms. The zero-order valence-electron chi connectivity index (χ0n) is 10.8. The Morgan fingerprint density at radius 2 is 2.16 bits per heavy atom. The summed E-state index contributed by atoms with van der Waals surface area (Å²) < 4.78 is 11.2. The lowest BCUT2D eigenvalue weighted by Crippen LogP contribution is -2.39. The van der Waals surface area contributed by atoms with Crippen LogP contribution in [0.3, 0.4) is 0 Å². The molecule has 0 aliphatic heterocycles. The van der Waals surface area contributed by atoms with Crippen molar-refractivity contribution in [3.05, 3.63) is 36.0 Å². The molecule has 0 unspecified atom stereocenters. The normalized spacial score (nSPS) is 10.8. The minimum absolute atomic E-state index is 0.414. The van der Waals surface area contributed by atoms with Crippen molar-refractivity contribution in [3.8, 4) is 11.6 Å². The lowest BCUT2D eigenvalue weighted by atomic mass is 10.3. The number of para-hydroxylation sites is 1. The fraction of sp³-hybridized carbons (Fsp3) is 0.385. The van der Waals surface area contributed by atoms with Gasteiger partial charge in [0, 0.05) is 25.8 Å². The number of nitrogens with zero attached hydrogens (tertiary/aromatic N) is 2. The molecule has 0 bridgehead atoms. The Bertz CT molecular complexity index is 499. The van der Waals surface area contributed by atoms with Gasteiger partial charge >= 0.3 is 0 Å². The summed E-state index contributed by atoms with van der Waals surface area (Å²) in [6.45, 7) is 1.88. The highest BCUT2D eigenvalue weighted by molar-refractivity contribution is 5.22. The second-order valence-corrected chi connectivity index (χ2v) is 4.08. The molecule has 0 radical (unpaired) electrons. The van der Waals surface area contributed by atoms with Crippen LogP contribution in [0, 0.1) is 0 Å². The molecule has 6 heteroatoms. The Morgan fingerprint density at radius 1 is 1.37 bits per heavy atom. The van der Waals surface area contributed by atoms with Crippen LogP contribution >= 0.6 is 0 Å². The van der Waals surface area contributed by atoms with Gasteiger partial charge in [-0.25, -0.2) is 0 Å². The van der Waals surface area contributed by atoms with E-state index in [1.54, 1.807) is 7.11 Å². The summed E-state index contributed by atoms with van der Waals surface area (Å²) in [6.07, 6.45) is 0.890. The van der Waals surface area contributed by atoms with Crippen LogP contribution in [0.25, 0.3) is 5.69 Å². The molecular weight excluding hydrogens is 246 g/mol. The van der Waals surface area contributed by atoms with Gasteiger partial charge in [-0.2, -0.15) is 0 Å². The zero-order chi connectivity index (χ0) is 13.5. The van der Waals surface area contributed by atoms with E-state index in [1.165, 1.54) is 4.68 Å². The summed E-state index contributed by atoms with van der Waals surface area (Å²) in [7, 11) is 1.67. The first-order valence-electron chi connectivity index (χ1n) is 6.16. The van der Waals surface area contributed by atoms with Gasteiger partial charge < -0.3 is 19.7 Å². The van der Waals surface area contributed by atoms with Crippen molar-refractivity contribution in [2.45, 2.75) is 13.0 Å². The van der Waals surface area contributed by atoms with E-state index in [0.29, 0.717) is 18.8 Å². The Morgan fingerprint density at radius 3 is 2.89 bits per heavy atom. The molecule has 1 N–H and O–H groups in total. The van der Waals surface area contributed by atoms with E-state index in [1.807, 2.05) is 30.3 Å². The van der Waals surface area contributed by atoms with E-state index >= 15 is 0 Å². The third kappa shape index (κ3) is 3.52. The fourth-order valence-electron chi connectivity index (χ4n) is 1.73. The first kappa shape index (κ1) is 13.5. The minimum atomic E-state index is -0.414. The predicted molar refractivity (Wildman–Crippen MR) is 65.7 cm³/mol. The Hall–Kier alpha value is -1.92. The lowest BCUT2D eigenvalue weighted by Gasteiger charge is -2.02. The minimum Gasteiger partial charge on any atom is -0.539 e. The monoisotopic (exact) mass is 263 g/mol. The van der Waals surface area contributed by atoms with Crippen LogP contribution in [0.1, 0.15) is 12.1 Å². The van der Waals surface area contributed by atoms with Crippen LogP contribution in [0.5, 0.6) is 5.95 Å². The Balaban J connectivity index is 2.02. The second-order valence-electron chi connectivity index (χ2n) is 4.08. The van der Waals surface area contributed by atoms with Gasteiger partial charge in [0.1, 0.15) is 0 Å². The molecule has 6 nitrogen and oxygen atoms in total. The van der Waals surface area contributed by atoms with E-state index in [9.17, 15) is 5.11 Å². The van der Waals surface area contributed by atoms with Crippen LogP contribution in [0.4, 0.5) is 0 Å². The maximum Gasteiger partial charge on any atom is 0.253 e. The van der Waals surface area contributed by atoms with Crippen LogP contribution in [-0.4, -0.2) is 25.5 Å². The molecule has 1 aromatic heterocycles. The highest BCUT2D eigenvalue weighted by Crippen LogP contribution is 2.09. The molecule has 2 rings (SSSR count). The van der Waals surface area contributed by atoms with Crippen molar-refractivity contribution in [1.82, 2.24) is 10.6 Å². The molecule has 19 heavy (non-hydrogen) atoms. The van der Waals surface area contributed by atoms with Gasteiger partial charge in [-0.3, -0.25) is 0 Å². The first-order chi connectivity index (χ1) is 9.33. The number of nitrogens with one attached hydrogen (secondary N) is 1. The molecule has 0 aliphatic rings. The summed E-state index contributed by atoms with van der Waals surface area (Å²) in [5, 5.41) is 18.6. The van der Waals surface area contributed by atoms with E-state index < -0.39 is 5.95 Å². The number of ether oxygens (including phenoxy) is 1. The van der Waals surface area contributed by atoms with Crippen molar-refractivity contribution in [1.29, 1.82) is 0 Å². The van der Waals surface area contributed by atoms with Crippen LogP contribution in [0.2, 0.25) is 0 Å². The summed E-state index contributed by atoms with van der Waals surface area (Å²) in [5.74, 6) is -0.414.